The zero-order valence-electron chi connectivity index (χ0n) is 11.1. The largest absolute Gasteiger partial charge is 0.478 e. The van der Waals surface area contributed by atoms with E-state index in [1.165, 1.54) is 0 Å². The lowest BCUT2D eigenvalue weighted by Gasteiger charge is -2.16. The van der Waals surface area contributed by atoms with E-state index in [9.17, 15) is 29.4 Å². The van der Waals surface area contributed by atoms with Crippen LogP contribution in [-0.2, 0) is 28.7 Å². The van der Waals surface area contributed by atoms with Gasteiger partial charge in [0.2, 0.25) is 0 Å². The van der Waals surface area contributed by atoms with Gasteiger partial charge in [-0.15, -0.1) is 0 Å². The van der Waals surface area contributed by atoms with Gasteiger partial charge in [0, 0.05) is 24.3 Å². The third kappa shape index (κ3) is 10.1. The normalized spacial score (nSPS) is 13.7. The van der Waals surface area contributed by atoms with Crippen LogP contribution in [0.5, 0.6) is 0 Å². The molecule has 0 saturated heterocycles. The fourth-order valence-corrected chi connectivity index (χ4v) is 0.932. The Kier molecular flexibility index (Phi) is 8.83. The monoisotopic (exact) mass is 318 g/mol. The molecule has 0 aliphatic heterocycles. The number of aliphatic hydroxyl groups excluding tert-OH is 2. The van der Waals surface area contributed by atoms with Crippen molar-refractivity contribution in [1.29, 1.82) is 0 Å². The molecule has 4 N–H and O–H groups in total. The van der Waals surface area contributed by atoms with Crippen LogP contribution in [0, 0.1) is 0 Å². The Morgan fingerprint density at radius 1 is 0.727 bits per heavy atom. The summed E-state index contributed by atoms with van der Waals surface area (Å²) < 4.78 is 8.86. The minimum atomic E-state index is -1.58. The SMILES string of the molecule is O=C(O)/C=C/C(=O)OC[C@@H](O)[C@@H](O)COC(=O)/C=C/C(=O)O. The number of ether oxygens (including phenoxy) is 2. The molecule has 0 radical (unpaired) electrons. The van der Waals surface area contributed by atoms with Gasteiger partial charge in [0.05, 0.1) is 0 Å². The third-order valence-electron chi connectivity index (χ3n) is 1.96. The Morgan fingerprint density at radius 2 is 1.05 bits per heavy atom. The molecule has 0 rings (SSSR count). The molecule has 0 aliphatic rings. The first-order valence-corrected chi connectivity index (χ1v) is 5.74. The number of aliphatic hydroxyl groups is 2. The number of rotatable bonds is 9. The van der Waals surface area contributed by atoms with E-state index in [4.69, 9.17) is 10.2 Å². The van der Waals surface area contributed by atoms with Gasteiger partial charge in [-0.05, 0) is 0 Å². The molecule has 0 aromatic heterocycles. The van der Waals surface area contributed by atoms with E-state index < -0.39 is 49.3 Å². The fraction of sp³-hybridized carbons (Fsp3) is 0.333. The van der Waals surface area contributed by atoms with Crippen LogP contribution in [-0.4, -0.2) is 69.7 Å². The quantitative estimate of drug-likeness (QED) is 0.277. The first kappa shape index (κ1) is 19.3. The zero-order chi connectivity index (χ0) is 17.1. The second-order valence-electron chi connectivity index (χ2n) is 3.74. The lowest BCUT2D eigenvalue weighted by atomic mass is 10.2. The molecule has 0 aliphatic carbocycles. The van der Waals surface area contributed by atoms with Crippen molar-refractivity contribution in [3.8, 4) is 0 Å². The van der Waals surface area contributed by atoms with Gasteiger partial charge >= 0.3 is 23.9 Å². The number of hydrogen-bond donors (Lipinski definition) is 4. The first-order valence-electron chi connectivity index (χ1n) is 5.74. The van der Waals surface area contributed by atoms with Crippen molar-refractivity contribution < 1.29 is 49.1 Å². The zero-order valence-corrected chi connectivity index (χ0v) is 11.1. The molecule has 122 valence electrons. The smallest absolute Gasteiger partial charge is 0.331 e. The van der Waals surface area contributed by atoms with E-state index in [1.807, 2.05) is 0 Å². The first-order chi connectivity index (χ1) is 10.2. The van der Waals surface area contributed by atoms with Crippen LogP contribution in [0.25, 0.3) is 0 Å². The van der Waals surface area contributed by atoms with Gasteiger partial charge in [-0.2, -0.15) is 0 Å². The number of esters is 2. The van der Waals surface area contributed by atoms with Gasteiger partial charge in [0.15, 0.2) is 0 Å². The van der Waals surface area contributed by atoms with Crippen molar-refractivity contribution in [2.24, 2.45) is 0 Å². The summed E-state index contributed by atoms with van der Waals surface area (Å²) in [5.74, 6) is -4.82. The van der Waals surface area contributed by atoms with E-state index in [0.717, 1.165) is 0 Å². The fourth-order valence-electron chi connectivity index (χ4n) is 0.932. The van der Waals surface area contributed by atoms with Crippen LogP contribution in [0.15, 0.2) is 24.3 Å². The summed E-state index contributed by atoms with van der Waals surface area (Å²) in [6.07, 6.45) is -0.892. The second kappa shape index (κ2) is 10.1. The van der Waals surface area contributed by atoms with E-state index in [1.54, 1.807) is 0 Å². The number of aliphatic carboxylic acids is 2. The standard InChI is InChI=1S/C12H14O10/c13-7(5-21-11(19)3-1-9(15)16)8(14)6-22-12(20)4-2-10(17)18/h1-4,7-8,13-14H,5-6H2,(H,15,16)(H,17,18)/b3-1+,4-2+/t7-,8+. The van der Waals surface area contributed by atoms with E-state index in [0.29, 0.717) is 24.3 Å². The summed E-state index contributed by atoms with van der Waals surface area (Å²) in [5, 5.41) is 35.3. The maximum absolute atomic E-state index is 11.0. The molecule has 0 saturated carbocycles. The second-order valence-corrected chi connectivity index (χ2v) is 3.74. The molecule has 0 bridgehead atoms. The molecule has 0 amide bonds. The van der Waals surface area contributed by atoms with Crippen molar-refractivity contribution >= 4 is 23.9 Å². The number of hydrogen-bond acceptors (Lipinski definition) is 8. The van der Waals surface area contributed by atoms with E-state index >= 15 is 0 Å². The van der Waals surface area contributed by atoms with Gasteiger partial charge < -0.3 is 29.9 Å². The van der Waals surface area contributed by atoms with Crippen LogP contribution in [0.4, 0.5) is 0 Å². The lowest BCUT2D eigenvalue weighted by molar-refractivity contribution is -0.150. The van der Waals surface area contributed by atoms with Crippen LogP contribution in [0.3, 0.4) is 0 Å². The predicted octanol–water partition coefficient (Wildman–Crippen LogP) is -1.92. The van der Waals surface area contributed by atoms with Crippen molar-refractivity contribution in [3.05, 3.63) is 24.3 Å². The summed E-state index contributed by atoms with van der Waals surface area (Å²) in [4.78, 5) is 42.2. The maximum Gasteiger partial charge on any atom is 0.331 e. The highest BCUT2D eigenvalue weighted by molar-refractivity contribution is 5.91. The summed E-state index contributed by atoms with van der Waals surface area (Å²) in [7, 11) is 0. The number of carboxylic acid groups (broad SMARTS) is 2. The van der Waals surface area contributed by atoms with Crippen LogP contribution in [0.1, 0.15) is 0 Å². The highest BCUT2D eigenvalue weighted by Gasteiger charge is 2.19. The molecule has 0 spiro atoms. The molecule has 2 atom stereocenters. The van der Waals surface area contributed by atoms with Crippen LogP contribution in [0.2, 0.25) is 0 Å². The Hall–Kier alpha value is -2.72. The minimum absolute atomic E-state index is 0.529. The van der Waals surface area contributed by atoms with Gasteiger partial charge in [0.1, 0.15) is 25.4 Å². The highest BCUT2D eigenvalue weighted by atomic mass is 16.6. The van der Waals surface area contributed by atoms with Crippen molar-refractivity contribution in [2.45, 2.75) is 12.2 Å². The summed E-state index contributed by atoms with van der Waals surface area (Å²) >= 11 is 0. The Balaban J connectivity index is 4.09. The third-order valence-corrected chi connectivity index (χ3v) is 1.96. The highest BCUT2D eigenvalue weighted by Crippen LogP contribution is 1.98. The average Bonchev–Trinajstić information content (AvgIpc) is 2.45. The van der Waals surface area contributed by atoms with Gasteiger partial charge in [-0.3, -0.25) is 0 Å². The number of carboxylic acids is 2. The number of carbonyl (C=O) groups excluding carboxylic acids is 2. The molecule has 0 fully saturated rings. The molecular formula is C12H14O10. The lowest BCUT2D eigenvalue weighted by Crippen LogP contribution is -2.35. The van der Waals surface area contributed by atoms with Crippen molar-refractivity contribution in [1.82, 2.24) is 0 Å². The molecule has 10 nitrogen and oxygen atoms in total. The molecule has 0 aromatic carbocycles. The van der Waals surface area contributed by atoms with Crippen LogP contribution < -0.4 is 0 Å². The Bertz CT molecular complexity index is 434. The molecule has 0 heterocycles. The number of carbonyl (C=O) groups is 4. The molecule has 10 heteroatoms. The Labute approximate surface area is 123 Å². The van der Waals surface area contributed by atoms with Gasteiger partial charge in [0.25, 0.3) is 0 Å². The molecule has 22 heavy (non-hydrogen) atoms. The molecular weight excluding hydrogens is 304 g/mol. The van der Waals surface area contributed by atoms with Crippen molar-refractivity contribution in [3.63, 3.8) is 0 Å². The molecule has 0 unspecified atom stereocenters. The van der Waals surface area contributed by atoms with E-state index in [2.05, 4.69) is 9.47 Å². The Morgan fingerprint density at radius 3 is 1.32 bits per heavy atom. The molecule has 0 aromatic rings. The topological polar surface area (TPSA) is 168 Å². The van der Waals surface area contributed by atoms with Crippen molar-refractivity contribution in [2.75, 3.05) is 13.2 Å². The van der Waals surface area contributed by atoms with Gasteiger partial charge in [-0.1, -0.05) is 0 Å². The maximum atomic E-state index is 11.0. The minimum Gasteiger partial charge on any atom is -0.478 e. The van der Waals surface area contributed by atoms with Crippen LogP contribution >= 0.6 is 0 Å². The predicted molar refractivity (Wildman–Crippen MR) is 67.5 cm³/mol. The summed E-state index contributed by atoms with van der Waals surface area (Å²) in [5.41, 5.74) is 0. The average molecular weight is 318 g/mol. The van der Waals surface area contributed by atoms with Gasteiger partial charge in [-0.25, -0.2) is 19.2 Å². The summed E-state index contributed by atoms with van der Waals surface area (Å²) in [6, 6.07) is 0. The summed E-state index contributed by atoms with van der Waals surface area (Å²) in [6.45, 7) is -1.32. The van der Waals surface area contributed by atoms with E-state index in [-0.39, 0.29) is 0 Å².